The molecular weight excluding hydrogens is 186 g/mol. The summed E-state index contributed by atoms with van der Waals surface area (Å²) in [5, 5.41) is 0. The lowest BCUT2D eigenvalue weighted by Crippen LogP contribution is -1.98. The van der Waals surface area contributed by atoms with Crippen molar-refractivity contribution in [2.75, 3.05) is 5.73 Å². The number of aromatic nitrogens is 2. The molecule has 0 bridgehead atoms. The van der Waals surface area contributed by atoms with Gasteiger partial charge in [0.15, 0.2) is 5.95 Å². The molecule has 0 saturated heterocycles. The number of nitrogens with one attached hydrogen (secondary N) is 1. The van der Waals surface area contributed by atoms with Crippen LogP contribution in [0.1, 0.15) is 22.7 Å². The summed E-state index contributed by atoms with van der Waals surface area (Å²) in [5.41, 5.74) is 9.65. The van der Waals surface area contributed by atoms with E-state index in [4.69, 9.17) is 5.73 Å². The van der Waals surface area contributed by atoms with Gasteiger partial charge in [-0.1, -0.05) is 24.3 Å². The molecule has 1 aromatic heterocycles. The van der Waals surface area contributed by atoms with Gasteiger partial charge in [-0.15, -0.1) is 0 Å². The average molecular weight is 199 g/mol. The molecule has 0 atom stereocenters. The monoisotopic (exact) mass is 199 g/mol. The van der Waals surface area contributed by atoms with Gasteiger partial charge in [-0.2, -0.15) is 0 Å². The Labute approximate surface area is 88.3 Å². The van der Waals surface area contributed by atoms with Crippen LogP contribution >= 0.6 is 0 Å². The Hall–Kier alpha value is -1.77. The minimum atomic E-state index is 0.515. The van der Waals surface area contributed by atoms with Crippen LogP contribution in [0, 0.1) is 0 Å². The fourth-order valence-electron chi connectivity index (χ4n) is 2.34. The van der Waals surface area contributed by atoms with Crippen LogP contribution in [0.2, 0.25) is 0 Å². The van der Waals surface area contributed by atoms with Gasteiger partial charge in [-0.25, -0.2) is 4.98 Å². The summed E-state index contributed by atoms with van der Waals surface area (Å²) in [6.45, 7) is 0. The van der Waals surface area contributed by atoms with Crippen LogP contribution in [0.25, 0.3) is 0 Å². The fraction of sp³-hybridized carbons (Fsp3) is 0.250. The molecule has 0 spiro atoms. The zero-order valence-electron chi connectivity index (χ0n) is 8.40. The van der Waals surface area contributed by atoms with Gasteiger partial charge in [-0.3, -0.25) is 0 Å². The van der Waals surface area contributed by atoms with Crippen molar-refractivity contribution < 1.29 is 0 Å². The Bertz CT molecular complexity index is 462. The van der Waals surface area contributed by atoms with Crippen molar-refractivity contribution in [2.45, 2.75) is 18.8 Å². The largest absolute Gasteiger partial charge is 0.369 e. The quantitative estimate of drug-likeness (QED) is 0.736. The summed E-state index contributed by atoms with van der Waals surface area (Å²) in [7, 11) is 0. The molecule has 0 fully saturated rings. The number of H-pyrrole nitrogens is 1. The normalized spacial score (nSPS) is 15.5. The van der Waals surface area contributed by atoms with E-state index in [1.165, 1.54) is 11.1 Å². The number of hydrogen-bond donors (Lipinski definition) is 2. The van der Waals surface area contributed by atoms with E-state index in [0.29, 0.717) is 11.9 Å². The highest BCUT2D eigenvalue weighted by Crippen LogP contribution is 2.32. The first kappa shape index (κ1) is 8.53. The minimum absolute atomic E-state index is 0.515. The van der Waals surface area contributed by atoms with E-state index in [0.717, 1.165) is 18.5 Å². The first-order valence-electron chi connectivity index (χ1n) is 5.20. The van der Waals surface area contributed by atoms with E-state index < -0.39 is 0 Å². The maximum Gasteiger partial charge on any atom is 0.197 e. The van der Waals surface area contributed by atoms with E-state index >= 15 is 0 Å². The van der Waals surface area contributed by atoms with E-state index in [2.05, 4.69) is 34.2 Å². The van der Waals surface area contributed by atoms with Gasteiger partial charge in [-0.05, 0) is 24.0 Å². The number of rotatable bonds is 1. The van der Waals surface area contributed by atoms with Crippen LogP contribution in [-0.2, 0) is 12.8 Å². The standard InChI is InChI=1S/C12H13N3/c13-12-14-7-11(15-12)10-5-8-3-1-2-4-9(8)6-10/h1-4,7,10H,5-6H2,(H3,13,14,15). The molecule has 0 aliphatic heterocycles. The highest BCUT2D eigenvalue weighted by molar-refractivity contribution is 5.36. The highest BCUT2D eigenvalue weighted by Gasteiger charge is 2.23. The number of nitrogens with two attached hydrogens (primary N) is 1. The second-order valence-electron chi connectivity index (χ2n) is 4.10. The topological polar surface area (TPSA) is 54.7 Å². The Morgan fingerprint density at radius 2 is 1.87 bits per heavy atom. The zero-order chi connectivity index (χ0) is 10.3. The third kappa shape index (κ3) is 1.40. The number of anilines is 1. The third-order valence-electron chi connectivity index (χ3n) is 3.11. The summed E-state index contributed by atoms with van der Waals surface area (Å²) in [4.78, 5) is 7.17. The van der Waals surface area contributed by atoms with Crippen molar-refractivity contribution in [3.05, 3.63) is 47.3 Å². The summed E-state index contributed by atoms with van der Waals surface area (Å²) >= 11 is 0. The summed E-state index contributed by atoms with van der Waals surface area (Å²) in [6.07, 6.45) is 4.04. The lowest BCUT2D eigenvalue weighted by atomic mass is 10.0. The molecule has 1 aliphatic carbocycles. The molecule has 1 aromatic carbocycles. The van der Waals surface area contributed by atoms with Gasteiger partial charge in [0.25, 0.3) is 0 Å². The van der Waals surface area contributed by atoms with Gasteiger partial charge in [0, 0.05) is 11.6 Å². The number of fused-ring (bicyclic) bond motifs is 1. The SMILES string of the molecule is Nc1ncc(C2Cc3ccccc3C2)[nH]1. The van der Waals surface area contributed by atoms with E-state index in [9.17, 15) is 0 Å². The molecule has 3 heteroatoms. The predicted octanol–water partition coefficient (Wildman–Crippen LogP) is 1.87. The van der Waals surface area contributed by atoms with Crippen LogP contribution in [-0.4, -0.2) is 9.97 Å². The Morgan fingerprint density at radius 3 is 2.40 bits per heavy atom. The van der Waals surface area contributed by atoms with E-state index in [1.54, 1.807) is 0 Å². The van der Waals surface area contributed by atoms with E-state index in [-0.39, 0.29) is 0 Å². The molecule has 0 radical (unpaired) electrons. The van der Waals surface area contributed by atoms with Crippen LogP contribution in [0.4, 0.5) is 5.95 Å². The molecule has 15 heavy (non-hydrogen) atoms. The maximum absolute atomic E-state index is 5.58. The van der Waals surface area contributed by atoms with Crippen molar-refractivity contribution in [2.24, 2.45) is 0 Å². The molecular formula is C12H13N3. The summed E-state index contributed by atoms with van der Waals surface area (Å²) in [6, 6.07) is 8.61. The van der Waals surface area contributed by atoms with Gasteiger partial charge < -0.3 is 10.7 Å². The molecule has 76 valence electrons. The highest BCUT2D eigenvalue weighted by atomic mass is 15.0. The van der Waals surface area contributed by atoms with E-state index in [1.807, 2.05) is 6.20 Å². The van der Waals surface area contributed by atoms with Crippen LogP contribution in [0.15, 0.2) is 30.5 Å². The first-order valence-corrected chi connectivity index (χ1v) is 5.20. The number of benzene rings is 1. The minimum Gasteiger partial charge on any atom is -0.369 e. The lowest BCUT2D eigenvalue weighted by Gasteiger charge is -2.04. The van der Waals surface area contributed by atoms with Crippen LogP contribution in [0.5, 0.6) is 0 Å². The second kappa shape index (κ2) is 3.12. The number of nitrogens with zero attached hydrogens (tertiary/aromatic N) is 1. The molecule has 1 aliphatic rings. The van der Waals surface area contributed by atoms with Gasteiger partial charge in [0.05, 0.1) is 6.20 Å². The molecule has 3 nitrogen and oxygen atoms in total. The van der Waals surface area contributed by atoms with Crippen molar-refractivity contribution >= 4 is 5.95 Å². The zero-order valence-corrected chi connectivity index (χ0v) is 8.40. The third-order valence-corrected chi connectivity index (χ3v) is 3.11. The van der Waals surface area contributed by atoms with Gasteiger partial charge in [0.2, 0.25) is 0 Å². The van der Waals surface area contributed by atoms with Crippen molar-refractivity contribution in [3.63, 3.8) is 0 Å². The van der Waals surface area contributed by atoms with Crippen molar-refractivity contribution in [3.8, 4) is 0 Å². The maximum atomic E-state index is 5.58. The predicted molar refractivity (Wildman–Crippen MR) is 59.6 cm³/mol. The molecule has 0 amide bonds. The number of aromatic amines is 1. The van der Waals surface area contributed by atoms with Crippen LogP contribution < -0.4 is 5.73 Å². The van der Waals surface area contributed by atoms with Gasteiger partial charge in [0.1, 0.15) is 0 Å². The Balaban J connectivity index is 1.90. The van der Waals surface area contributed by atoms with Gasteiger partial charge >= 0.3 is 0 Å². The fourth-order valence-corrected chi connectivity index (χ4v) is 2.34. The average Bonchev–Trinajstić information content (AvgIpc) is 2.82. The molecule has 2 aromatic rings. The van der Waals surface area contributed by atoms with Crippen molar-refractivity contribution in [1.29, 1.82) is 0 Å². The first-order chi connectivity index (χ1) is 7.33. The summed E-state index contributed by atoms with van der Waals surface area (Å²) < 4.78 is 0. The number of hydrogen-bond acceptors (Lipinski definition) is 2. The van der Waals surface area contributed by atoms with Crippen molar-refractivity contribution in [1.82, 2.24) is 9.97 Å². The molecule has 0 unspecified atom stereocenters. The smallest absolute Gasteiger partial charge is 0.197 e. The summed E-state index contributed by atoms with van der Waals surface area (Å²) in [5.74, 6) is 1.04. The Morgan fingerprint density at radius 1 is 1.20 bits per heavy atom. The lowest BCUT2D eigenvalue weighted by molar-refractivity contribution is 0.720. The molecule has 3 rings (SSSR count). The molecule has 1 heterocycles. The number of imidazole rings is 1. The molecule has 3 N–H and O–H groups in total. The number of nitrogen functional groups attached to an aromatic ring is 1. The Kier molecular flexibility index (Phi) is 1.78. The van der Waals surface area contributed by atoms with Crippen LogP contribution in [0.3, 0.4) is 0 Å². The molecule has 0 saturated carbocycles. The second-order valence-corrected chi connectivity index (χ2v) is 4.10.